The van der Waals surface area contributed by atoms with Gasteiger partial charge in [0.25, 0.3) is 0 Å². The average molecular weight is 297 g/mol. The SMILES string of the molecule is COc1cccc(C(O)COc2cccc(Cl)c2F)c1. The summed E-state index contributed by atoms with van der Waals surface area (Å²) in [5, 5.41) is 10.0. The van der Waals surface area contributed by atoms with Crippen molar-refractivity contribution in [3.8, 4) is 11.5 Å². The lowest BCUT2D eigenvalue weighted by Gasteiger charge is -2.14. The maximum absolute atomic E-state index is 13.6. The zero-order chi connectivity index (χ0) is 14.5. The fourth-order valence-corrected chi connectivity index (χ4v) is 1.88. The molecule has 0 saturated heterocycles. The van der Waals surface area contributed by atoms with E-state index in [0.29, 0.717) is 11.3 Å². The molecular formula is C15H14ClFO3. The number of aliphatic hydroxyl groups is 1. The van der Waals surface area contributed by atoms with E-state index in [4.69, 9.17) is 21.1 Å². The Balaban J connectivity index is 2.04. The predicted molar refractivity (Wildman–Crippen MR) is 74.9 cm³/mol. The highest BCUT2D eigenvalue weighted by atomic mass is 35.5. The molecule has 5 heteroatoms. The van der Waals surface area contributed by atoms with Gasteiger partial charge in [-0.1, -0.05) is 29.8 Å². The molecule has 3 nitrogen and oxygen atoms in total. The van der Waals surface area contributed by atoms with E-state index in [1.54, 1.807) is 37.4 Å². The van der Waals surface area contributed by atoms with E-state index in [2.05, 4.69) is 0 Å². The Bertz CT molecular complexity index is 589. The number of rotatable bonds is 5. The van der Waals surface area contributed by atoms with Gasteiger partial charge in [-0.25, -0.2) is 4.39 Å². The lowest BCUT2D eigenvalue weighted by Crippen LogP contribution is -2.10. The Hall–Kier alpha value is -1.78. The Morgan fingerprint density at radius 3 is 2.75 bits per heavy atom. The maximum atomic E-state index is 13.6. The number of hydrogen-bond acceptors (Lipinski definition) is 3. The van der Waals surface area contributed by atoms with Gasteiger partial charge in [0.1, 0.15) is 18.5 Å². The standard InChI is InChI=1S/C15H14ClFO3/c1-19-11-5-2-4-10(8-11)13(18)9-20-14-7-3-6-12(16)15(14)17/h2-8,13,18H,9H2,1H3. The van der Waals surface area contributed by atoms with Gasteiger partial charge in [0.05, 0.1) is 12.1 Å². The molecule has 0 fully saturated rings. The molecule has 0 aliphatic rings. The molecule has 2 aromatic carbocycles. The van der Waals surface area contributed by atoms with Crippen LogP contribution in [0.3, 0.4) is 0 Å². The Morgan fingerprint density at radius 1 is 1.25 bits per heavy atom. The molecule has 0 bridgehead atoms. The Labute approximate surface area is 121 Å². The smallest absolute Gasteiger partial charge is 0.183 e. The van der Waals surface area contributed by atoms with Crippen molar-refractivity contribution >= 4 is 11.6 Å². The van der Waals surface area contributed by atoms with Crippen molar-refractivity contribution in [1.82, 2.24) is 0 Å². The number of benzene rings is 2. The van der Waals surface area contributed by atoms with Crippen molar-refractivity contribution in [3.63, 3.8) is 0 Å². The third-order valence-electron chi connectivity index (χ3n) is 2.79. The summed E-state index contributed by atoms with van der Waals surface area (Å²) >= 11 is 5.65. The van der Waals surface area contributed by atoms with Gasteiger partial charge < -0.3 is 14.6 Å². The zero-order valence-electron chi connectivity index (χ0n) is 10.8. The second-order valence-corrected chi connectivity index (χ2v) is 4.56. The van der Waals surface area contributed by atoms with Crippen molar-refractivity contribution in [3.05, 3.63) is 58.9 Å². The molecule has 1 N–H and O–H groups in total. The number of methoxy groups -OCH3 is 1. The molecule has 0 aliphatic carbocycles. The van der Waals surface area contributed by atoms with Crippen LogP contribution >= 0.6 is 11.6 Å². The van der Waals surface area contributed by atoms with Crippen LogP contribution in [0.2, 0.25) is 5.02 Å². The van der Waals surface area contributed by atoms with Crippen LogP contribution < -0.4 is 9.47 Å². The summed E-state index contributed by atoms with van der Waals surface area (Å²) in [7, 11) is 1.54. The highest BCUT2D eigenvalue weighted by Gasteiger charge is 2.12. The summed E-state index contributed by atoms with van der Waals surface area (Å²) in [6.07, 6.45) is -0.886. The summed E-state index contributed by atoms with van der Waals surface area (Å²) in [5.74, 6) is 0.0157. The largest absolute Gasteiger partial charge is 0.497 e. The van der Waals surface area contributed by atoms with Crippen molar-refractivity contribution in [2.75, 3.05) is 13.7 Å². The molecule has 0 amide bonds. The first-order chi connectivity index (χ1) is 9.61. The molecule has 0 spiro atoms. The van der Waals surface area contributed by atoms with Crippen LogP contribution in [0.1, 0.15) is 11.7 Å². The molecule has 0 aliphatic heterocycles. The summed E-state index contributed by atoms with van der Waals surface area (Å²) in [6, 6.07) is 11.4. The van der Waals surface area contributed by atoms with Gasteiger partial charge in [-0.05, 0) is 29.8 Å². The van der Waals surface area contributed by atoms with E-state index in [0.717, 1.165) is 0 Å². The van der Waals surface area contributed by atoms with Crippen LogP contribution in [0, 0.1) is 5.82 Å². The molecule has 0 aromatic heterocycles. The van der Waals surface area contributed by atoms with Gasteiger partial charge in [0, 0.05) is 0 Å². The first-order valence-corrected chi connectivity index (χ1v) is 6.38. The van der Waals surface area contributed by atoms with Crippen molar-refractivity contribution < 1.29 is 19.0 Å². The van der Waals surface area contributed by atoms with Crippen LogP contribution in [0.15, 0.2) is 42.5 Å². The Kier molecular flexibility index (Phi) is 4.82. The third kappa shape index (κ3) is 3.40. The van der Waals surface area contributed by atoms with E-state index in [1.807, 2.05) is 0 Å². The molecule has 0 heterocycles. The number of ether oxygens (including phenoxy) is 2. The van der Waals surface area contributed by atoms with Crippen LogP contribution in [0.25, 0.3) is 0 Å². The predicted octanol–water partition coefficient (Wildman–Crippen LogP) is 3.60. The first-order valence-electron chi connectivity index (χ1n) is 6.00. The maximum Gasteiger partial charge on any atom is 0.183 e. The molecule has 1 atom stereocenters. The molecule has 2 rings (SSSR count). The molecule has 0 saturated carbocycles. The second kappa shape index (κ2) is 6.59. The van der Waals surface area contributed by atoms with Gasteiger partial charge in [0.2, 0.25) is 0 Å². The minimum atomic E-state index is -0.886. The van der Waals surface area contributed by atoms with Gasteiger partial charge in [-0.2, -0.15) is 0 Å². The quantitative estimate of drug-likeness (QED) is 0.916. The number of halogens is 2. The monoisotopic (exact) mass is 296 g/mol. The minimum absolute atomic E-state index is 0.0134. The minimum Gasteiger partial charge on any atom is -0.497 e. The van der Waals surface area contributed by atoms with Gasteiger partial charge >= 0.3 is 0 Å². The summed E-state index contributed by atoms with van der Waals surface area (Å²) in [5.41, 5.74) is 0.631. The van der Waals surface area contributed by atoms with Crippen molar-refractivity contribution in [2.45, 2.75) is 6.10 Å². The van der Waals surface area contributed by atoms with E-state index in [9.17, 15) is 9.50 Å². The van der Waals surface area contributed by atoms with E-state index in [1.165, 1.54) is 12.1 Å². The first kappa shape index (κ1) is 14.6. The van der Waals surface area contributed by atoms with Gasteiger partial charge in [0.15, 0.2) is 11.6 Å². The van der Waals surface area contributed by atoms with E-state index in [-0.39, 0.29) is 17.4 Å². The molecule has 1 unspecified atom stereocenters. The Morgan fingerprint density at radius 2 is 2.00 bits per heavy atom. The average Bonchev–Trinajstić information content (AvgIpc) is 2.48. The molecule has 20 heavy (non-hydrogen) atoms. The summed E-state index contributed by atoms with van der Waals surface area (Å²) < 4.78 is 23.9. The highest BCUT2D eigenvalue weighted by molar-refractivity contribution is 6.30. The van der Waals surface area contributed by atoms with Crippen LogP contribution in [-0.4, -0.2) is 18.8 Å². The van der Waals surface area contributed by atoms with Gasteiger partial charge in [-0.15, -0.1) is 0 Å². The summed E-state index contributed by atoms with van der Waals surface area (Å²) in [6.45, 7) is -0.0789. The fraction of sp³-hybridized carbons (Fsp3) is 0.200. The molecule has 0 radical (unpaired) electrons. The normalized spacial score (nSPS) is 12.0. The number of hydrogen-bond donors (Lipinski definition) is 1. The third-order valence-corrected chi connectivity index (χ3v) is 3.08. The van der Waals surface area contributed by atoms with Crippen LogP contribution in [0.4, 0.5) is 4.39 Å². The van der Waals surface area contributed by atoms with Crippen molar-refractivity contribution in [2.24, 2.45) is 0 Å². The van der Waals surface area contributed by atoms with Crippen molar-refractivity contribution in [1.29, 1.82) is 0 Å². The number of aliphatic hydroxyl groups excluding tert-OH is 1. The van der Waals surface area contributed by atoms with Crippen LogP contribution in [-0.2, 0) is 0 Å². The lowest BCUT2D eigenvalue weighted by atomic mass is 10.1. The molecular weight excluding hydrogens is 283 g/mol. The molecule has 2 aromatic rings. The summed E-state index contributed by atoms with van der Waals surface area (Å²) in [4.78, 5) is 0. The van der Waals surface area contributed by atoms with E-state index >= 15 is 0 Å². The van der Waals surface area contributed by atoms with Gasteiger partial charge in [-0.3, -0.25) is 0 Å². The highest BCUT2D eigenvalue weighted by Crippen LogP contribution is 2.26. The zero-order valence-corrected chi connectivity index (χ0v) is 11.6. The van der Waals surface area contributed by atoms with E-state index < -0.39 is 11.9 Å². The molecule has 106 valence electrons. The second-order valence-electron chi connectivity index (χ2n) is 4.16. The lowest BCUT2D eigenvalue weighted by molar-refractivity contribution is 0.105. The topological polar surface area (TPSA) is 38.7 Å². The van der Waals surface area contributed by atoms with Crippen LogP contribution in [0.5, 0.6) is 11.5 Å². The fourth-order valence-electron chi connectivity index (χ4n) is 1.71.